The van der Waals surface area contributed by atoms with Crippen molar-refractivity contribution in [1.29, 1.82) is 0 Å². The highest BCUT2D eigenvalue weighted by Gasteiger charge is 2.28. The van der Waals surface area contributed by atoms with Crippen molar-refractivity contribution in [1.82, 2.24) is 10.2 Å². The Kier molecular flexibility index (Phi) is 6.06. The smallest absolute Gasteiger partial charge is 0.0300 e. The topological polar surface area (TPSA) is 15.3 Å². The average molecular weight is 295 g/mol. The Morgan fingerprint density at radius 2 is 2.15 bits per heavy atom. The van der Waals surface area contributed by atoms with Crippen LogP contribution in [-0.2, 0) is 13.1 Å². The Bertz CT molecular complexity index is 407. The molecular weight excluding hydrogens is 264 g/mol. The van der Waals surface area contributed by atoms with E-state index in [0.29, 0.717) is 0 Å². The van der Waals surface area contributed by atoms with E-state index in [2.05, 4.69) is 44.0 Å². The summed E-state index contributed by atoms with van der Waals surface area (Å²) in [5.41, 5.74) is 1.55. The van der Waals surface area contributed by atoms with Crippen molar-refractivity contribution in [3.8, 4) is 0 Å². The van der Waals surface area contributed by atoms with Crippen molar-refractivity contribution in [3.05, 3.63) is 21.4 Å². The van der Waals surface area contributed by atoms with E-state index in [4.69, 9.17) is 0 Å². The number of thiophene rings is 1. The first-order valence-corrected chi connectivity index (χ1v) is 8.94. The summed E-state index contributed by atoms with van der Waals surface area (Å²) in [6.07, 6.45) is 4.08. The fourth-order valence-corrected chi connectivity index (χ4v) is 3.68. The second-order valence-corrected chi connectivity index (χ2v) is 7.86. The molecule has 0 radical (unpaired) electrons. The van der Waals surface area contributed by atoms with Gasteiger partial charge in [-0.15, -0.1) is 11.3 Å². The van der Waals surface area contributed by atoms with Crippen molar-refractivity contribution in [3.63, 3.8) is 0 Å². The van der Waals surface area contributed by atoms with E-state index >= 15 is 0 Å². The summed E-state index contributed by atoms with van der Waals surface area (Å²) in [6.45, 7) is 13.6. The SMILES string of the molecule is CCCN(Cc1cc(CNCC(C)C)sc1C)C1CC1. The first kappa shape index (κ1) is 16.0. The minimum Gasteiger partial charge on any atom is -0.312 e. The van der Waals surface area contributed by atoms with Crippen LogP contribution in [0.5, 0.6) is 0 Å². The second kappa shape index (κ2) is 7.58. The molecule has 1 aromatic rings. The van der Waals surface area contributed by atoms with Crippen molar-refractivity contribution in [2.45, 2.75) is 66.1 Å². The summed E-state index contributed by atoms with van der Waals surface area (Å²) in [7, 11) is 0. The van der Waals surface area contributed by atoms with Crippen molar-refractivity contribution in [2.75, 3.05) is 13.1 Å². The van der Waals surface area contributed by atoms with Crippen molar-refractivity contribution < 1.29 is 0 Å². The number of aryl methyl sites for hydroxylation is 1. The third kappa shape index (κ3) is 4.87. The predicted molar refractivity (Wildman–Crippen MR) is 89.3 cm³/mol. The number of nitrogens with zero attached hydrogens (tertiary/aromatic N) is 1. The summed E-state index contributed by atoms with van der Waals surface area (Å²) in [5, 5.41) is 3.55. The van der Waals surface area contributed by atoms with Gasteiger partial charge < -0.3 is 5.32 Å². The van der Waals surface area contributed by atoms with Crippen LogP contribution in [0.25, 0.3) is 0 Å². The predicted octanol–water partition coefficient (Wildman–Crippen LogP) is 4.18. The summed E-state index contributed by atoms with van der Waals surface area (Å²) in [6, 6.07) is 3.30. The second-order valence-electron chi connectivity index (χ2n) is 6.52. The van der Waals surface area contributed by atoms with Crippen LogP contribution in [0.4, 0.5) is 0 Å². The molecule has 1 fully saturated rings. The maximum atomic E-state index is 3.55. The van der Waals surface area contributed by atoms with Gasteiger partial charge in [-0.1, -0.05) is 20.8 Å². The molecule has 2 rings (SSSR count). The lowest BCUT2D eigenvalue weighted by Crippen LogP contribution is -2.26. The van der Waals surface area contributed by atoms with E-state index < -0.39 is 0 Å². The maximum Gasteiger partial charge on any atom is 0.0300 e. The Hall–Kier alpha value is -0.380. The fourth-order valence-electron chi connectivity index (χ4n) is 2.65. The molecule has 0 bridgehead atoms. The van der Waals surface area contributed by atoms with Gasteiger partial charge in [0, 0.05) is 28.9 Å². The highest BCUT2D eigenvalue weighted by Crippen LogP contribution is 2.30. The van der Waals surface area contributed by atoms with Crippen molar-refractivity contribution in [2.24, 2.45) is 5.92 Å². The monoisotopic (exact) mass is 294 g/mol. The quantitative estimate of drug-likeness (QED) is 0.735. The molecule has 0 aliphatic heterocycles. The van der Waals surface area contributed by atoms with Gasteiger partial charge in [-0.3, -0.25) is 4.90 Å². The van der Waals surface area contributed by atoms with Crippen LogP contribution in [0.2, 0.25) is 0 Å². The molecule has 114 valence electrons. The van der Waals surface area contributed by atoms with E-state index in [0.717, 1.165) is 31.6 Å². The van der Waals surface area contributed by atoms with Gasteiger partial charge in [0.15, 0.2) is 0 Å². The van der Waals surface area contributed by atoms with Gasteiger partial charge >= 0.3 is 0 Å². The van der Waals surface area contributed by atoms with Crippen LogP contribution >= 0.6 is 11.3 Å². The zero-order valence-corrected chi connectivity index (χ0v) is 14.4. The number of nitrogens with one attached hydrogen (secondary N) is 1. The molecule has 0 aromatic carbocycles. The third-order valence-corrected chi connectivity index (χ3v) is 4.96. The summed E-state index contributed by atoms with van der Waals surface area (Å²) < 4.78 is 0. The Morgan fingerprint density at radius 3 is 2.75 bits per heavy atom. The van der Waals surface area contributed by atoms with Gasteiger partial charge in [-0.25, -0.2) is 0 Å². The summed E-state index contributed by atoms with van der Waals surface area (Å²) in [5.74, 6) is 0.727. The molecule has 0 saturated heterocycles. The Labute approximate surface area is 128 Å². The molecule has 0 spiro atoms. The number of rotatable bonds is 9. The van der Waals surface area contributed by atoms with Gasteiger partial charge in [-0.05, 0) is 56.8 Å². The molecule has 1 saturated carbocycles. The molecule has 1 aromatic heterocycles. The summed E-state index contributed by atoms with van der Waals surface area (Å²) >= 11 is 1.97. The average Bonchev–Trinajstić information content (AvgIpc) is 3.15. The Morgan fingerprint density at radius 1 is 1.40 bits per heavy atom. The molecule has 1 heterocycles. The Balaban J connectivity index is 1.89. The minimum atomic E-state index is 0.727. The number of hydrogen-bond acceptors (Lipinski definition) is 3. The fraction of sp³-hybridized carbons (Fsp3) is 0.765. The van der Waals surface area contributed by atoms with Gasteiger partial charge in [0.25, 0.3) is 0 Å². The van der Waals surface area contributed by atoms with Crippen LogP contribution in [0.3, 0.4) is 0 Å². The van der Waals surface area contributed by atoms with Crippen LogP contribution in [0.15, 0.2) is 6.07 Å². The first-order valence-electron chi connectivity index (χ1n) is 8.13. The zero-order valence-electron chi connectivity index (χ0n) is 13.5. The molecule has 0 unspecified atom stereocenters. The first-order chi connectivity index (χ1) is 9.60. The largest absolute Gasteiger partial charge is 0.312 e. The van der Waals surface area contributed by atoms with E-state index in [1.165, 1.54) is 35.6 Å². The van der Waals surface area contributed by atoms with E-state index in [1.807, 2.05) is 11.3 Å². The highest BCUT2D eigenvalue weighted by atomic mass is 32.1. The standard InChI is InChI=1S/C17H30N2S/c1-5-8-19(16-6-7-16)12-15-9-17(20-14(15)4)11-18-10-13(2)3/h9,13,16,18H,5-8,10-12H2,1-4H3. The molecule has 3 heteroatoms. The molecule has 2 nitrogen and oxygen atoms in total. The van der Waals surface area contributed by atoms with E-state index in [-0.39, 0.29) is 0 Å². The van der Waals surface area contributed by atoms with Crippen molar-refractivity contribution >= 4 is 11.3 Å². The molecule has 20 heavy (non-hydrogen) atoms. The minimum absolute atomic E-state index is 0.727. The van der Waals surface area contributed by atoms with Gasteiger partial charge in [0.2, 0.25) is 0 Å². The summed E-state index contributed by atoms with van der Waals surface area (Å²) in [4.78, 5) is 5.68. The number of hydrogen-bond donors (Lipinski definition) is 1. The van der Waals surface area contributed by atoms with E-state index in [9.17, 15) is 0 Å². The van der Waals surface area contributed by atoms with Gasteiger partial charge in [-0.2, -0.15) is 0 Å². The van der Waals surface area contributed by atoms with Crippen LogP contribution < -0.4 is 5.32 Å². The molecule has 1 N–H and O–H groups in total. The molecule has 0 amide bonds. The maximum absolute atomic E-state index is 3.55. The van der Waals surface area contributed by atoms with E-state index in [1.54, 1.807) is 5.56 Å². The third-order valence-electron chi connectivity index (χ3n) is 3.87. The molecule has 1 aliphatic carbocycles. The lowest BCUT2D eigenvalue weighted by atomic mass is 10.2. The lowest BCUT2D eigenvalue weighted by molar-refractivity contribution is 0.255. The van der Waals surface area contributed by atoms with Crippen LogP contribution in [0, 0.1) is 12.8 Å². The highest BCUT2D eigenvalue weighted by molar-refractivity contribution is 7.12. The van der Waals surface area contributed by atoms with Crippen LogP contribution in [0.1, 0.15) is 55.4 Å². The van der Waals surface area contributed by atoms with Gasteiger partial charge in [0.1, 0.15) is 0 Å². The molecule has 0 atom stereocenters. The zero-order chi connectivity index (χ0) is 14.5. The van der Waals surface area contributed by atoms with Crippen LogP contribution in [-0.4, -0.2) is 24.0 Å². The molecular formula is C17H30N2S. The lowest BCUT2D eigenvalue weighted by Gasteiger charge is -2.21. The normalized spacial score (nSPS) is 15.5. The molecule has 1 aliphatic rings. The van der Waals surface area contributed by atoms with Gasteiger partial charge in [0.05, 0.1) is 0 Å².